The molecule has 1 aromatic carbocycles. The van der Waals surface area contributed by atoms with Crippen molar-refractivity contribution in [1.29, 1.82) is 0 Å². The van der Waals surface area contributed by atoms with Gasteiger partial charge in [0.15, 0.2) is 5.16 Å². The largest absolute Gasteiger partial charge is 0.497 e. The zero-order valence-electron chi connectivity index (χ0n) is 14.5. The summed E-state index contributed by atoms with van der Waals surface area (Å²) in [6, 6.07) is 7.68. The van der Waals surface area contributed by atoms with Crippen LogP contribution in [-0.2, 0) is 11.2 Å². The fraction of sp³-hybridized carbons (Fsp3) is 0.278. The zero-order valence-corrected chi connectivity index (χ0v) is 16.1. The molecule has 0 radical (unpaired) electrons. The van der Waals surface area contributed by atoms with E-state index in [1.54, 1.807) is 7.11 Å². The van der Waals surface area contributed by atoms with Gasteiger partial charge in [-0.15, -0.1) is 11.3 Å². The Bertz CT molecular complexity index is 1010. The number of nitrogens with zero attached hydrogens (tertiary/aromatic N) is 1. The topological polar surface area (TPSA) is 98.1 Å². The number of thioether (sulfide) groups is 1. The van der Waals surface area contributed by atoms with Gasteiger partial charge >= 0.3 is 0 Å². The molecule has 8 heteroatoms. The normalized spacial score (nSPS) is 11.0. The summed E-state index contributed by atoms with van der Waals surface area (Å²) in [6.07, 6.45) is 1.04. The highest BCUT2D eigenvalue weighted by molar-refractivity contribution is 7.99. The minimum absolute atomic E-state index is 0.176. The molecule has 136 valence electrons. The number of fused-ring (bicyclic) bond motifs is 1. The molecule has 0 saturated carbocycles. The summed E-state index contributed by atoms with van der Waals surface area (Å²) in [5, 5.41) is 1.10. The number of benzene rings is 1. The molecular formula is C18H19N3O3S2. The lowest BCUT2D eigenvalue weighted by molar-refractivity contribution is -0.117. The fourth-order valence-corrected chi connectivity index (χ4v) is 4.69. The number of nitrogens with two attached hydrogens (primary N) is 1. The average Bonchev–Trinajstić information content (AvgIpc) is 3.00. The van der Waals surface area contributed by atoms with Crippen LogP contribution in [0, 0.1) is 0 Å². The Morgan fingerprint density at radius 3 is 2.92 bits per heavy atom. The number of H-pyrrole nitrogens is 1. The van der Waals surface area contributed by atoms with E-state index in [1.165, 1.54) is 23.1 Å². The first-order valence-electron chi connectivity index (χ1n) is 8.14. The van der Waals surface area contributed by atoms with E-state index < -0.39 is 0 Å². The highest BCUT2D eigenvalue weighted by Gasteiger charge is 2.18. The average molecular weight is 390 g/mol. The van der Waals surface area contributed by atoms with Crippen LogP contribution >= 0.6 is 23.1 Å². The molecule has 3 rings (SSSR count). The number of aryl methyl sites for hydroxylation is 1. The molecule has 2 aromatic heterocycles. The van der Waals surface area contributed by atoms with Gasteiger partial charge in [-0.05, 0) is 24.1 Å². The van der Waals surface area contributed by atoms with Crippen LogP contribution < -0.4 is 16.0 Å². The molecule has 0 aliphatic rings. The highest BCUT2D eigenvalue weighted by Crippen LogP contribution is 2.38. The van der Waals surface area contributed by atoms with Crippen molar-refractivity contribution < 1.29 is 9.53 Å². The number of hydrogen-bond donors (Lipinski definition) is 2. The molecular weight excluding hydrogens is 370 g/mol. The van der Waals surface area contributed by atoms with Crippen LogP contribution in [0.25, 0.3) is 21.3 Å². The minimum atomic E-state index is -0.370. The molecule has 0 unspecified atom stereocenters. The number of thiophene rings is 1. The smallest absolute Gasteiger partial charge is 0.260 e. The van der Waals surface area contributed by atoms with Gasteiger partial charge in [0.1, 0.15) is 10.6 Å². The van der Waals surface area contributed by atoms with Crippen LogP contribution in [0.4, 0.5) is 0 Å². The van der Waals surface area contributed by atoms with Gasteiger partial charge in [0, 0.05) is 22.6 Å². The predicted molar refractivity (Wildman–Crippen MR) is 106 cm³/mol. The molecule has 0 aliphatic carbocycles. The third-order valence-corrected chi connectivity index (χ3v) is 5.98. The van der Waals surface area contributed by atoms with E-state index in [2.05, 4.69) is 16.9 Å². The van der Waals surface area contributed by atoms with Crippen LogP contribution in [0.5, 0.6) is 5.75 Å². The maximum Gasteiger partial charge on any atom is 0.260 e. The number of amides is 1. The predicted octanol–water partition coefficient (Wildman–Crippen LogP) is 3.19. The van der Waals surface area contributed by atoms with Crippen molar-refractivity contribution in [3.05, 3.63) is 39.5 Å². The second kappa shape index (κ2) is 7.92. The maximum atomic E-state index is 12.7. The van der Waals surface area contributed by atoms with Crippen LogP contribution in [0.3, 0.4) is 0 Å². The quantitative estimate of drug-likeness (QED) is 0.478. The first-order valence-corrected chi connectivity index (χ1v) is 9.95. The molecule has 3 N–H and O–H groups in total. The Morgan fingerprint density at radius 1 is 1.42 bits per heavy atom. The molecule has 2 heterocycles. The van der Waals surface area contributed by atoms with Crippen LogP contribution in [0.15, 0.2) is 34.2 Å². The summed E-state index contributed by atoms with van der Waals surface area (Å²) in [5.41, 5.74) is 6.83. The summed E-state index contributed by atoms with van der Waals surface area (Å²) in [4.78, 5) is 32.8. The van der Waals surface area contributed by atoms with E-state index in [0.717, 1.165) is 28.2 Å². The summed E-state index contributed by atoms with van der Waals surface area (Å²) in [6.45, 7) is 2.06. The number of rotatable bonds is 7. The van der Waals surface area contributed by atoms with Gasteiger partial charge in [-0.1, -0.05) is 30.8 Å². The summed E-state index contributed by atoms with van der Waals surface area (Å²) >= 11 is 2.84. The molecule has 0 spiro atoms. The fourth-order valence-electron chi connectivity index (χ4n) is 2.68. The minimum Gasteiger partial charge on any atom is -0.497 e. The van der Waals surface area contributed by atoms with Gasteiger partial charge in [-0.2, -0.15) is 0 Å². The van der Waals surface area contributed by atoms with Gasteiger partial charge in [0.2, 0.25) is 5.91 Å². The molecule has 3 aromatic rings. The second-order valence-corrected chi connectivity index (χ2v) is 7.77. The summed E-state index contributed by atoms with van der Waals surface area (Å²) in [5.74, 6) is 0.857. The van der Waals surface area contributed by atoms with Crippen molar-refractivity contribution in [2.45, 2.75) is 24.9 Å². The lowest BCUT2D eigenvalue weighted by Crippen LogP contribution is -2.12. The Kier molecular flexibility index (Phi) is 5.63. The number of carbonyl (C=O) groups excluding carboxylic acids is 1. The Labute approximate surface area is 158 Å². The molecule has 0 aliphatic heterocycles. The van der Waals surface area contributed by atoms with Crippen molar-refractivity contribution in [3.8, 4) is 16.9 Å². The molecule has 1 amide bonds. The number of ether oxygens (including phenoxy) is 1. The Balaban J connectivity index is 2.09. The molecule has 26 heavy (non-hydrogen) atoms. The van der Waals surface area contributed by atoms with Crippen LogP contribution in [-0.4, -0.2) is 28.7 Å². The van der Waals surface area contributed by atoms with Crippen molar-refractivity contribution in [3.63, 3.8) is 0 Å². The van der Waals surface area contributed by atoms with E-state index in [4.69, 9.17) is 10.5 Å². The van der Waals surface area contributed by atoms with Crippen LogP contribution in [0.2, 0.25) is 0 Å². The third-order valence-electron chi connectivity index (χ3n) is 3.88. The molecule has 0 saturated heterocycles. The molecule has 0 bridgehead atoms. The molecule has 0 fully saturated rings. The standard InChI is InChI=1S/C18H19N3O3S2/c1-3-12-14(10-5-4-6-11(9-10)24-2)15-16(23)20-18(21-17(15)26-12)25-8-7-13(19)22/h4-6,9H,3,7-8H2,1-2H3,(H2,19,22)(H,20,21,23). The van der Waals surface area contributed by atoms with Crippen molar-refractivity contribution >= 4 is 39.2 Å². The summed E-state index contributed by atoms with van der Waals surface area (Å²) in [7, 11) is 1.62. The number of aromatic nitrogens is 2. The number of hydrogen-bond acceptors (Lipinski definition) is 6. The third kappa shape index (κ3) is 3.76. The Morgan fingerprint density at radius 2 is 2.23 bits per heavy atom. The Hall–Kier alpha value is -2.32. The van der Waals surface area contributed by atoms with Crippen molar-refractivity contribution in [2.24, 2.45) is 5.73 Å². The summed E-state index contributed by atoms with van der Waals surface area (Å²) < 4.78 is 5.31. The monoisotopic (exact) mass is 389 g/mol. The van der Waals surface area contributed by atoms with Gasteiger partial charge in [-0.25, -0.2) is 4.98 Å². The van der Waals surface area contributed by atoms with Gasteiger partial charge < -0.3 is 15.5 Å². The van der Waals surface area contributed by atoms with E-state index in [9.17, 15) is 9.59 Å². The van der Waals surface area contributed by atoms with E-state index in [-0.39, 0.29) is 17.9 Å². The lowest BCUT2D eigenvalue weighted by atomic mass is 10.0. The van der Waals surface area contributed by atoms with E-state index >= 15 is 0 Å². The van der Waals surface area contributed by atoms with Crippen molar-refractivity contribution in [2.75, 3.05) is 12.9 Å². The number of primary amides is 1. The number of aromatic amines is 1. The SMILES string of the molecule is CCc1sc2nc(SCCC(N)=O)[nH]c(=O)c2c1-c1cccc(OC)c1. The molecule has 0 atom stereocenters. The number of methoxy groups -OCH3 is 1. The lowest BCUT2D eigenvalue weighted by Gasteiger charge is -2.06. The highest BCUT2D eigenvalue weighted by atomic mass is 32.2. The van der Waals surface area contributed by atoms with Crippen LogP contribution in [0.1, 0.15) is 18.2 Å². The van der Waals surface area contributed by atoms with Crippen molar-refractivity contribution in [1.82, 2.24) is 9.97 Å². The van der Waals surface area contributed by atoms with Gasteiger partial charge in [0.25, 0.3) is 5.56 Å². The molecule has 6 nitrogen and oxygen atoms in total. The number of carbonyl (C=O) groups is 1. The van der Waals surface area contributed by atoms with E-state index in [1.807, 2.05) is 24.3 Å². The van der Waals surface area contributed by atoms with E-state index in [0.29, 0.717) is 21.1 Å². The van der Waals surface area contributed by atoms with Gasteiger partial charge in [0.05, 0.1) is 12.5 Å². The zero-order chi connectivity index (χ0) is 18.7. The maximum absolute atomic E-state index is 12.7. The van der Waals surface area contributed by atoms with Gasteiger partial charge in [-0.3, -0.25) is 9.59 Å². The number of nitrogens with one attached hydrogen (secondary N) is 1. The first kappa shape index (κ1) is 18.5. The first-order chi connectivity index (χ1) is 12.5. The second-order valence-electron chi connectivity index (χ2n) is 5.60.